The molecule has 25 heavy (non-hydrogen) atoms. The van der Waals surface area contributed by atoms with Crippen LogP contribution in [0.2, 0.25) is 0 Å². The van der Waals surface area contributed by atoms with Crippen LogP contribution < -0.4 is 10.9 Å². The third-order valence-corrected chi connectivity index (χ3v) is 3.68. The molecule has 0 aliphatic carbocycles. The Hall–Kier alpha value is -3.41. The van der Waals surface area contributed by atoms with E-state index in [4.69, 9.17) is 0 Å². The number of carbonyl (C=O) groups excluding carboxylic acids is 1. The Bertz CT molecular complexity index is 929. The molecule has 0 atom stereocenters. The molecule has 2 heterocycles. The summed E-state index contributed by atoms with van der Waals surface area (Å²) in [4.78, 5) is 31.7. The molecule has 0 unspecified atom stereocenters. The maximum absolute atomic E-state index is 11.9. The second kappa shape index (κ2) is 7.00. The van der Waals surface area contributed by atoms with Gasteiger partial charge in [0.05, 0.1) is 0 Å². The van der Waals surface area contributed by atoms with Crippen molar-refractivity contribution in [2.45, 2.75) is 0 Å². The summed E-state index contributed by atoms with van der Waals surface area (Å²) in [6.07, 6.45) is 3.33. The van der Waals surface area contributed by atoms with E-state index in [1.165, 1.54) is 6.07 Å². The molecule has 0 radical (unpaired) electrons. The molecule has 6 heteroatoms. The minimum Gasteiger partial charge on any atom is -0.345 e. The Balaban J connectivity index is 1.76. The zero-order valence-electron chi connectivity index (χ0n) is 14.0. The van der Waals surface area contributed by atoms with Crippen LogP contribution >= 0.6 is 0 Å². The van der Waals surface area contributed by atoms with Crippen LogP contribution in [0.15, 0.2) is 65.7 Å². The van der Waals surface area contributed by atoms with Crippen LogP contribution in [0.1, 0.15) is 10.4 Å². The normalized spacial score (nSPS) is 10.3. The number of hydrogen-bond acceptors (Lipinski definition) is 4. The SMILES string of the molecule is CN(C)C(=O)c1ccc(-c2ccc(Nc3cc[nH]c(=O)c3)nc2)cc1. The van der Waals surface area contributed by atoms with Gasteiger partial charge >= 0.3 is 0 Å². The number of amides is 1. The monoisotopic (exact) mass is 334 g/mol. The molecule has 0 aliphatic rings. The molecule has 2 N–H and O–H groups in total. The molecule has 0 aliphatic heterocycles. The second-order valence-corrected chi connectivity index (χ2v) is 5.78. The molecule has 3 aromatic rings. The van der Waals surface area contributed by atoms with Crippen molar-refractivity contribution < 1.29 is 4.79 Å². The van der Waals surface area contributed by atoms with Gasteiger partial charge < -0.3 is 15.2 Å². The number of rotatable bonds is 4. The third kappa shape index (κ3) is 3.92. The first-order valence-corrected chi connectivity index (χ1v) is 7.77. The fraction of sp³-hybridized carbons (Fsp3) is 0.105. The van der Waals surface area contributed by atoms with Crippen LogP contribution in [0.5, 0.6) is 0 Å². The molecule has 126 valence electrons. The topological polar surface area (TPSA) is 78.1 Å². The summed E-state index contributed by atoms with van der Waals surface area (Å²) in [6, 6.07) is 14.4. The Kier molecular flexibility index (Phi) is 4.61. The lowest BCUT2D eigenvalue weighted by Crippen LogP contribution is -2.21. The number of aromatic amines is 1. The molecule has 0 fully saturated rings. The maximum atomic E-state index is 11.9. The number of nitrogens with zero attached hydrogens (tertiary/aromatic N) is 2. The predicted octanol–water partition coefficient (Wildman–Crippen LogP) is 2.88. The molecular weight excluding hydrogens is 316 g/mol. The van der Waals surface area contributed by atoms with Crippen LogP contribution in [0, 0.1) is 0 Å². The molecular formula is C19H18N4O2. The van der Waals surface area contributed by atoms with Crippen molar-refractivity contribution in [3.8, 4) is 11.1 Å². The molecule has 0 spiro atoms. The van der Waals surface area contributed by atoms with Crippen molar-refractivity contribution in [1.82, 2.24) is 14.9 Å². The van der Waals surface area contributed by atoms with Gasteiger partial charge in [-0.1, -0.05) is 12.1 Å². The molecule has 0 bridgehead atoms. The van der Waals surface area contributed by atoms with E-state index in [9.17, 15) is 9.59 Å². The highest BCUT2D eigenvalue weighted by Gasteiger charge is 2.08. The van der Waals surface area contributed by atoms with E-state index in [-0.39, 0.29) is 11.5 Å². The van der Waals surface area contributed by atoms with E-state index in [2.05, 4.69) is 15.3 Å². The minimum atomic E-state index is -0.172. The van der Waals surface area contributed by atoms with Gasteiger partial charge in [0.25, 0.3) is 5.91 Å². The van der Waals surface area contributed by atoms with E-state index in [0.29, 0.717) is 17.1 Å². The van der Waals surface area contributed by atoms with Crippen LogP contribution in [0.3, 0.4) is 0 Å². The number of pyridine rings is 2. The van der Waals surface area contributed by atoms with E-state index in [1.807, 2.05) is 24.3 Å². The first kappa shape index (κ1) is 16.4. The lowest BCUT2D eigenvalue weighted by atomic mass is 10.1. The quantitative estimate of drug-likeness (QED) is 0.769. The first-order chi connectivity index (χ1) is 12.0. The lowest BCUT2D eigenvalue weighted by Gasteiger charge is -2.11. The smallest absolute Gasteiger partial charge is 0.253 e. The number of benzene rings is 1. The van der Waals surface area contributed by atoms with Gasteiger partial charge in [0, 0.05) is 49.4 Å². The summed E-state index contributed by atoms with van der Waals surface area (Å²) in [5.41, 5.74) is 3.07. The number of anilines is 2. The van der Waals surface area contributed by atoms with Crippen molar-refractivity contribution in [2.75, 3.05) is 19.4 Å². The van der Waals surface area contributed by atoms with E-state index >= 15 is 0 Å². The second-order valence-electron chi connectivity index (χ2n) is 5.78. The average molecular weight is 334 g/mol. The number of carbonyl (C=O) groups is 1. The molecule has 0 saturated heterocycles. The number of aromatic nitrogens is 2. The third-order valence-electron chi connectivity index (χ3n) is 3.68. The van der Waals surface area contributed by atoms with Gasteiger partial charge in [-0.25, -0.2) is 4.98 Å². The zero-order valence-corrected chi connectivity index (χ0v) is 14.0. The summed E-state index contributed by atoms with van der Waals surface area (Å²) in [7, 11) is 3.46. The Morgan fingerprint density at radius 3 is 2.36 bits per heavy atom. The fourth-order valence-electron chi connectivity index (χ4n) is 2.37. The highest BCUT2D eigenvalue weighted by Crippen LogP contribution is 2.21. The van der Waals surface area contributed by atoms with Crippen molar-refractivity contribution >= 4 is 17.4 Å². The van der Waals surface area contributed by atoms with Gasteiger partial charge in [0.1, 0.15) is 5.82 Å². The first-order valence-electron chi connectivity index (χ1n) is 7.77. The van der Waals surface area contributed by atoms with E-state index in [1.54, 1.807) is 49.6 Å². The van der Waals surface area contributed by atoms with Crippen LogP contribution in [0.25, 0.3) is 11.1 Å². The molecule has 1 amide bonds. The zero-order chi connectivity index (χ0) is 17.8. The summed E-state index contributed by atoms with van der Waals surface area (Å²) >= 11 is 0. The lowest BCUT2D eigenvalue weighted by molar-refractivity contribution is 0.0827. The summed E-state index contributed by atoms with van der Waals surface area (Å²) in [5.74, 6) is 0.621. The highest BCUT2D eigenvalue weighted by molar-refractivity contribution is 5.94. The van der Waals surface area contributed by atoms with Crippen LogP contribution in [-0.2, 0) is 0 Å². The van der Waals surface area contributed by atoms with Gasteiger partial charge in [-0.15, -0.1) is 0 Å². The molecule has 0 saturated carbocycles. The fourth-order valence-corrected chi connectivity index (χ4v) is 2.37. The van der Waals surface area contributed by atoms with Gasteiger partial charge in [-0.3, -0.25) is 9.59 Å². The number of hydrogen-bond donors (Lipinski definition) is 2. The minimum absolute atomic E-state index is 0.0259. The molecule has 2 aromatic heterocycles. The van der Waals surface area contributed by atoms with Gasteiger partial charge in [0.2, 0.25) is 5.56 Å². The molecule has 6 nitrogen and oxygen atoms in total. The van der Waals surface area contributed by atoms with Gasteiger partial charge in [-0.2, -0.15) is 0 Å². The Morgan fingerprint density at radius 1 is 1.04 bits per heavy atom. The Labute approximate surface area is 145 Å². The standard InChI is InChI=1S/C19H18N4O2/c1-23(2)19(25)14-5-3-13(4-6-14)15-7-8-17(21-12-15)22-16-9-10-20-18(24)11-16/h3-12H,1-2H3,(H2,20,21,22,24). The van der Waals surface area contributed by atoms with Crippen molar-refractivity contribution in [2.24, 2.45) is 0 Å². The van der Waals surface area contributed by atoms with Crippen LogP contribution in [-0.4, -0.2) is 34.9 Å². The number of nitrogens with one attached hydrogen (secondary N) is 2. The summed E-state index contributed by atoms with van der Waals surface area (Å²) in [5, 5.41) is 3.08. The molecule has 3 rings (SSSR count). The number of H-pyrrole nitrogens is 1. The largest absolute Gasteiger partial charge is 0.345 e. The van der Waals surface area contributed by atoms with Gasteiger partial charge in [0.15, 0.2) is 0 Å². The van der Waals surface area contributed by atoms with E-state index in [0.717, 1.165) is 11.1 Å². The van der Waals surface area contributed by atoms with Crippen LogP contribution in [0.4, 0.5) is 11.5 Å². The Morgan fingerprint density at radius 2 is 1.76 bits per heavy atom. The van der Waals surface area contributed by atoms with Gasteiger partial charge in [-0.05, 0) is 35.9 Å². The van der Waals surface area contributed by atoms with E-state index < -0.39 is 0 Å². The average Bonchev–Trinajstić information content (AvgIpc) is 2.62. The summed E-state index contributed by atoms with van der Waals surface area (Å²) in [6.45, 7) is 0. The van der Waals surface area contributed by atoms with Crippen molar-refractivity contribution in [3.63, 3.8) is 0 Å². The van der Waals surface area contributed by atoms with Crippen molar-refractivity contribution in [1.29, 1.82) is 0 Å². The molecule has 1 aromatic carbocycles. The summed E-state index contributed by atoms with van der Waals surface area (Å²) < 4.78 is 0. The highest BCUT2D eigenvalue weighted by atomic mass is 16.2. The maximum Gasteiger partial charge on any atom is 0.253 e. The van der Waals surface area contributed by atoms with Crippen molar-refractivity contribution in [3.05, 3.63) is 76.8 Å². The predicted molar refractivity (Wildman–Crippen MR) is 98.0 cm³/mol.